The van der Waals surface area contributed by atoms with Crippen molar-refractivity contribution in [1.29, 1.82) is 0 Å². The lowest BCUT2D eigenvalue weighted by atomic mass is 10.1. The maximum Gasteiger partial charge on any atom is 0.243 e. The van der Waals surface area contributed by atoms with Crippen molar-refractivity contribution in [3.05, 3.63) is 59.9 Å². The first-order valence-corrected chi connectivity index (χ1v) is 9.47. The first-order valence-electron chi connectivity index (χ1n) is 8.03. The molecule has 2 aromatic rings. The molecule has 0 aliphatic carbocycles. The standard InChI is InChI=1S/C18H19FN2O3S/c1-13-9-10-14(19)12-16(13)20-18(22)17-8-5-11-21(17)25(23,24)15-6-3-2-4-7-15/h2-4,6-7,9-10,12,17H,5,8,11H2,1H3,(H,20,22). The Bertz CT molecular complexity index is 884. The van der Waals surface area contributed by atoms with Crippen LogP contribution in [-0.4, -0.2) is 31.2 Å². The first kappa shape index (κ1) is 17.6. The van der Waals surface area contributed by atoms with Crippen LogP contribution >= 0.6 is 0 Å². The fraction of sp³-hybridized carbons (Fsp3) is 0.278. The number of nitrogens with one attached hydrogen (secondary N) is 1. The minimum atomic E-state index is -3.75. The molecule has 0 spiro atoms. The summed E-state index contributed by atoms with van der Waals surface area (Å²) < 4.78 is 40.3. The van der Waals surface area contributed by atoms with Gasteiger partial charge in [0.2, 0.25) is 15.9 Å². The van der Waals surface area contributed by atoms with Gasteiger partial charge < -0.3 is 5.32 Å². The number of amides is 1. The van der Waals surface area contributed by atoms with Gasteiger partial charge in [-0.1, -0.05) is 24.3 Å². The van der Waals surface area contributed by atoms with Gasteiger partial charge in [0.05, 0.1) is 4.90 Å². The molecule has 1 aliphatic heterocycles. The third-order valence-electron chi connectivity index (χ3n) is 4.31. The maximum absolute atomic E-state index is 13.4. The largest absolute Gasteiger partial charge is 0.324 e. The molecular formula is C18H19FN2O3S. The number of halogens is 1. The van der Waals surface area contributed by atoms with E-state index < -0.39 is 27.8 Å². The number of hydrogen-bond donors (Lipinski definition) is 1. The first-order chi connectivity index (χ1) is 11.9. The molecule has 1 saturated heterocycles. The summed E-state index contributed by atoms with van der Waals surface area (Å²) in [5.74, 6) is -0.896. The lowest BCUT2D eigenvalue weighted by molar-refractivity contribution is -0.119. The Morgan fingerprint density at radius 3 is 2.64 bits per heavy atom. The van der Waals surface area contributed by atoms with Gasteiger partial charge in [-0.2, -0.15) is 4.31 Å². The highest BCUT2D eigenvalue weighted by Gasteiger charge is 2.39. The minimum absolute atomic E-state index is 0.164. The number of benzene rings is 2. The SMILES string of the molecule is Cc1ccc(F)cc1NC(=O)C1CCCN1S(=O)(=O)c1ccccc1. The molecular weight excluding hydrogens is 343 g/mol. The van der Waals surface area contributed by atoms with E-state index in [9.17, 15) is 17.6 Å². The summed E-state index contributed by atoms with van der Waals surface area (Å²) in [7, 11) is -3.75. The number of aryl methyl sites for hydroxylation is 1. The van der Waals surface area contributed by atoms with Crippen molar-refractivity contribution in [2.24, 2.45) is 0 Å². The molecule has 2 aromatic carbocycles. The van der Waals surface area contributed by atoms with Gasteiger partial charge in [-0.15, -0.1) is 0 Å². The Morgan fingerprint density at radius 2 is 1.92 bits per heavy atom. The molecule has 1 fully saturated rings. The Labute approximate surface area is 146 Å². The van der Waals surface area contributed by atoms with Crippen LogP contribution in [-0.2, 0) is 14.8 Å². The summed E-state index contributed by atoms with van der Waals surface area (Å²) in [6.07, 6.45) is 1.04. The second-order valence-corrected chi connectivity index (χ2v) is 7.93. The highest BCUT2D eigenvalue weighted by Crippen LogP contribution is 2.27. The van der Waals surface area contributed by atoms with Crippen molar-refractivity contribution in [2.75, 3.05) is 11.9 Å². The fourth-order valence-electron chi connectivity index (χ4n) is 2.96. The Hall–Kier alpha value is -2.25. The second-order valence-electron chi connectivity index (χ2n) is 6.04. The van der Waals surface area contributed by atoms with E-state index in [0.29, 0.717) is 24.1 Å². The molecule has 5 nitrogen and oxygen atoms in total. The molecule has 1 amide bonds. The van der Waals surface area contributed by atoms with E-state index in [2.05, 4.69) is 5.32 Å². The molecule has 1 N–H and O–H groups in total. The highest BCUT2D eigenvalue weighted by molar-refractivity contribution is 7.89. The van der Waals surface area contributed by atoms with Crippen LogP contribution in [0.4, 0.5) is 10.1 Å². The summed E-state index contributed by atoms with van der Waals surface area (Å²) in [6.45, 7) is 2.04. The van der Waals surface area contributed by atoms with Crippen molar-refractivity contribution in [2.45, 2.75) is 30.7 Å². The van der Waals surface area contributed by atoms with E-state index in [1.807, 2.05) is 0 Å². The summed E-state index contributed by atoms with van der Waals surface area (Å²) in [6, 6.07) is 11.4. The number of hydrogen-bond acceptors (Lipinski definition) is 3. The van der Waals surface area contributed by atoms with Crippen LogP contribution < -0.4 is 5.32 Å². The molecule has 1 aliphatic rings. The number of carbonyl (C=O) groups is 1. The van der Waals surface area contributed by atoms with Gasteiger partial charge in [0.25, 0.3) is 0 Å². The van der Waals surface area contributed by atoms with Crippen LogP contribution in [0.5, 0.6) is 0 Å². The topological polar surface area (TPSA) is 66.5 Å². The van der Waals surface area contributed by atoms with Gasteiger partial charge in [0, 0.05) is 12.2 Å². The molecule has 25 heavy (non-hydrogen) atoms. The quantitative estimate of drug-likeness (QED) is 0.909. The van der Waals surface area contributed by atoms with E-state index >= 15 is 0 Å². The third-order valence-corrected chi connectivity index (χ3v) is 6.24. The lowest BCUT2D eigenvalue weighted by Gasteiger charge is -2.23. The molecule has 7 heteroatoms. The van der Waals surface area contributed by atoms with Crippen LogP contribution in [0, 0.1) is 12.7 Å². The Kier molecular flexibility index (Phi) is 4.87. The van der Waals surface area contributed by atoms with Gasteiger partial charge in [-0.25, -0.2) is 12.8 Å². The number of carbonyl (C=O) groups excluding carboxylic acids is 1. The number of anilines is 1. The van der Waals surface area contributed by atoms with Crippen molar-refractivity contribution in [3.63, 3.8) is 0 Å². The predicted molar refractivity (Wildman–Crippen MR) is 93.1 cm³/mol. The van der Waals surface area contributed by atoms with Gasteiger partial charge in [-0.05, 0) is 49.6 Å². The Morgan fingerprint density at radius 1 is 1.20 bits per heavy atom. The van der Waals surface area contributed by atoms with E-state index in [1.54, 1.807) is 31.2 Å². The normalized spacial score (nSPS) is 18.2. The third kappa shape index (κ3) is 3.57. The van der Waals surface area contributed by atoms with Crippen LogP contribution in [0.3, 0.4) is 0 Å². The number of rotatable bonds is 4. The molecule has 0 bridgehead atoms. The van der Waals surface area contributed by atoms with Gasteiger partial charge in [0.1, 0.15) is 11.9 Å². The Balaban J connectivity index is 1.84. The fourth-order valence-corrected chi connectivity index (χ4v) is 4.64. The van der Waals surface area contributed by atoms with E-state index in [-0.39, 0.29) is 11.4 Å². The molecule has 1 atom stereocenters. The van der Waals surface area contributed by atoms with Crippen molar-refractivity contribution in [3.8, 4) is 0 Å². The van der Waals surface area contributed by atoms with Gasteiger partial charge in [0.15, 0.2) is 0 Å². The number of sulfonamides is 1. The lowest BCUT2D eigenvalue weighted by Crippen LogP contribution is -2.43. The molecule has 0 saturated carbocycles. The van der Waals surface area contributed by atoms with E-state index in [4.69, 9.17) is 0 Å². The molecule has 0 radical (unpaired) electrons. The van der Waals surface area contributed by atoms with E-state index in [1.165, 1.54) is 28.6 Å². The second kappa shape index (κ2) is 6.93. The monoisotopic (exact) mass is 362 g/mol. The molecule has 132 valence electrons. The van der Waals surface area contributed by atoms with Crippen LogP contribution in [0.1, 0.15) is 18.4 Å². The smallest absolute Gasteiger partial charge is 0.243 e. The summed E-state index contributed by atoms with van der Waals surface area (Å²) in [5.41, 5.74) is 1.07. The van der Waals surface area contributed by atoms with Gasteiger partial charge in [-0.3, -0.25) is 4.79 Å². The minimum Gasteiger partial charge on any atom is -0.324 e. The highest BCUT2D eigenvalue weighted by atomic mass is 32.2. The summed E-state index contributed by atoms with van der Waals surface area (Å²) >= 11 is 0. The van der Waals surface area contributed by atoms with Crippen LogP contribution in [0.15, 0.2) is 53.4 Å². The van der Waals surface area contributed by atoms with E-state index in [0.717, 1.165) is 0 Å². The molecule has 1 heterocycles. The average Bonchev–Trinajstić information content (AvgIpc) is 3.09. The van der Waals surface area contributed by atoms with Gasteiger partial charge >= 0.3 is 0 Å². The van der Waals surface area contributed by atoms with Crippen molar-refractivity contribution in [1.82, 2.24) is 4.31 Å². The van der Waals surface area contributed by atoms with Crippen LogP contribution in [0.2, 0.25) is 0 Å². The maximum atomic E-state index is 13.4. The molecule has 0 aromatic heterocycles. The average molecular weight is 362 g/mol. The number of nitrogens with zero attached hydrogens (tertiary/aromatic N) is 1. The van der Waals surface area contributed by atoms with Crippen LogP contribution in [0.25, 0.3) is 0 Å². The van der Waals surface area contributed by atoms with Crippen molar-refractivity contribution < 1.29 is 17.6 Å². The molecule has 3 rings (SSSR count). The zero-order valence-corrected chi connectivity index (χ0v) is 14.6. The molecule has 1 unspecified atom stereocenters. The summed E-state index contributed by atoms with van der Waals surface area (Å²) in [5, 5.41) is 2.66. The zero-order chi connectivity index (χ0) is 18.0. The summed E-state index contributed by atoms with van der Waals surface area (Å²) in [4.78, 5) is 12.8. The zero-order valence-electron chi connectivity index (χ0n) is 13.8. The predicted octanol–water partition coefficient (Wildman–Crippen LogP) is 2.93. The van der Waals surface area contributed by atoms with Crippen molar-refractivity contribution >= 4 is 21.6 Å².